The molecule has 1 aliphatic heterocycles. The Balaban J connectivity index is 1.76. The maximum absolute atomic E-state index is 10.2. The summed E-state index contributed by atoms with van der Waals surface area (Å²) in [7, 11) is -1.93. The summed E-state index contributed by atoms with van der Waals surface area (Å²) < 4.78 is 18.5. The summed E-state index contributed by atoms with van der Waals surface area (Å²) in [5, 5.41) is 10.3. The van der Waals surface area contributed by atoms with Gasteiger partial charge in [0.25, 0.3) is 0 Å². The molecule has 1 aliphatic rings. The molecule has 1 fully saturated rings. The second-order valence-corrected chi connectivity index (χ2v) is 14.9. The molecule has 0 saturated carbocycles. The predicted molar refractivity (Wildman–Crippen MR) is 134 cm³/mol. The molecule has 1 N–H and O–H groups in total. The normalized spacial score (nSPS) is 22.2. The Morgan fingerprint density at radius 3 is 2.59 bits per heavy atom. The maximum Gasteiger partial charge on any atom is 0.192 e. The van der Waals surface area contributed by atoms with Gasteiger partial charge in [-0.3, -0.25) is 0 Å². The number of rotatable bonds is 11. The molecule has 5 heteroatoms. The first-order valence-electron chi connectivity index (χ1n) is 11.9. The second-order valence-electron chi connectivity index (χ2n) is 10.1. The zero-order chi connectivity index (χ0) is 23.6. The van der Waals surface area contributed by atoms with Gasteiger partial charge in [0.2, 0.25) is 0 Å². The highest BCUT2D eigenvalue weighted by Gasteiger charge is 2.45. The highest BCUT2D eigenvalue weighted by atomic mass is 28.4. The van der Waals surface area contributed by atoms with Gasteiger partial charge in [-0.05, 0) is 36.5 Å². The highest BCUT2D eigenvalue weighted by Crippen LogP contribution is 2.40. The van der Waals surface area contributed by atoms with E-state index in [-0.39, 0.29) is 23.4 Å². The van der Waals surface area contributed by atoms with Crippen LogP contribution in [0.4, 0.5) is 0 Å². The standard InChI is InChI=1S/C27H42O4Si/c1-7-23(28)25-20-26(31-32(5,6)27(2,3)4)24(30-25)18-14-9-8-10-15-19-29-21-22-16-12-11-13-17-22/h7,11-13,16-17,23-26,28H,1,8,10,15,18-21H2,2-6H3/t23-,24-,25-,26-/m0/s1. The molecule has 0 unspecified atom stereocenters. The molecule has 1 aromatic carbocycles. The van der Waals surface area contributed by atoms with E-state index >= 15 is 0 Å². The Morgan fingerprint density at radius 2 is 1.94 bits per heavy atom. The lowest BCUT2D eigenvalue weighted by atomic mass is 10.1. The van der Waals surface area contributed by atoms with E-state index in [1.807, 2.05) is 18.2 Å². The molecule has 2 rings (SSSR count). The fraction of sp³-hybridized carbons (Fsp3) is 0.630. The minimum absolute atomic E-state index is 0.0313. The molecule has 4 nitrogen and oxygen atoms in total. The number of hydrogen-bond acceptors (Lipinski definition) is 4. The highest BCUT2D eigenvalue weighted by molar-refractivity contribution is 6.74. The molecule has 1 heterocycles. The van der Waals surface area contributed by atoms with E-state index in [9.17, 15) is 5.11 Å². The number of aliphatic hydroxyl groups excluding tert-OH is 1. The molecule has 0 radical (unpaired) electrons. The summed E-state index contributed by atoms with van der Waals surface area (Å²) in [6.45, 7) is 16.4. The molecule has 0 bridgehead atoms. The van der Waals surface area contributed by atoms with Crippen molar-refractivity contribution in [2.45, 2.75) is 102 Å². The van der Waals surface area contributed by atoms with E-state index in [0.717, 1.165) is 25.9 Å². The first kappa shape index (κ1) is 26.8. The summed E-state index contributed by atoms with van der Waals surface area (Å²) in [4.78, 5) is 0. The van der Waals surface area contributed by atoms with Crippen LogP contribution in [0.3, 0.4) is 0 Å². The van der Waals surface area contributed by atoms with Crippen LogP contribution in [0.25, 0.3) is 0 Å². The summed E-state index contributed by atoms with van der Waals surface area (Å²) in [5.74, 6) is 6.57. The largest absolute Gasteiger partial charge is 0.411 e. The molecule has 32 heavy (non-hydrogen) atoms. The molecule has 4 atom stereocenters. The lowest BCUT2D eigenvalue weighted by Gasteiger charge is -2.39. The van der Waals surface area contributed by atoms with Crippen molar-refractivity contribution in [3.8, 4) is 11.8 Å². The molecular formula is C27H42O4Si. The van der Waals surface area contributed by atoms with Crippen LogP contribution in [-0.2, 0) is 20.5 Å². The first-order valence-corrected chi connectivity index (χ1v) is 14.8. The fourth-order valence-corrected chi connectivity index (χ4v) is 4.78. The van der Waals surface area contributed by atoms with Crippen LogP contribution in [0.5, 0.6) is 0 Å². The topological polar surface area (TPSA) is 47.9 Å². The summed E-state index contributed by atoms with van der Waals surface area (Å²) in [6.07, 6.45) is 4.67. The first-order chi connectivity index (χ1) is 15.1. The van der Waals surface area contributed by atoms with Gasteiger partial charge in [0.1, 0.15) is 0 Å². The molecule has 0 spiro atoms. The average molecular weight is 459 g/mol. The van der Waals surface area contributed by atoms with Gasteiger partial charge in [-0.1, -0.05) is 57.2 Å². The van der Waals surface area contributed by atoms with E-state index in [0.29, 0.717) is 19.4 Å². The van der Waals surface area contributed by atoms with Crippen molar-refractivity contribution in [1.29, 1.82) is 0 Å². The molecule has 178 valence electrons. The van der Waals surface area contributed by atoms with Gasteiger partial charge < -0.3 is 19.0 Å². The van der Waals surface area contributed by atoms with Gasteiger partial charge in [-0.15, -0.1) is 18.4 Å². The van der Waals surface area contributed by atoms with E-state index in [1.165, 1.54) is 5.56 Å². The zero-order valence-electron chi connectivity index (χ0n) is 20.6. The number of aliphatic hydroxyl groups is 1. The second kappa shape index (κ2) is 12.7. The summed E-state index contributed by atoms with van der Waals surface area (Å²) >= 11 is 0. The van der Waals surface area contributed by atoms with Crippen molar-refractivity contribution in [3.63, 3.8) is 0 Å². The van der Waals surface area contributed by atoms with E-state index < -0.39 is 14.4 Å². The van der Waals surface area contributed by atoms with Crippen molar-refractivity contribution in [2.75, 3.05) is 6.61 Å². The summed E-state index contributed by atoms with van der Waals surface area (Å²) in [6, 6.07) is 10.2. The lowest BCUT2D eigenvalue weighted by molar-refractivity contribution is -0.0251. The third-order valence-corrected chi connectivity index (χ3v) is 11.0. The van der Waals surface area contributed by atoms with Crippen molar-refractivity contribution >= 4 is 8.32 Å². The van der Waals surface area contributed by atoms with Crippen LogP contribution in [0.2, 0.25) is 18.1 Å². The Morgan fingerprint density at radius 1 is 1.22 bits per heavy atom. The molecular weight excluding hydrogens is 416 g/mol. The van der Waals surface area contributed by atoms with E-state index in [4.69, 9.17) is 13.9 Å². The quantitative estimate of drug-likeness (QED) is 0.195. The predicted octanol–water partition coefficient (Wildman–Crippen LogP) is 5.86. The lowest BCUT2D eigenvalue weighted by Crippen LogP contribution is -2.45. The molecule has 0 aromatic heterocycles. The van der Waals surface area contributed by atoms with E-state index in [1.54, 1.807) is 6.08 Å². The van der Waals surface area contributed by atoms with Crippen molar-refractivity contribution in [2.24, 2.45) is 0 Å². The van der Waals surface area contributed by atoms with Crippen molar-refractivity contribution < 1.29 is 19.0 Å². The maximum atomic E-state index is 10.2. The van der Waals surface area contributed by atoms with Crippen LogP contribution in [0.15, 0.2) is 43.0 Å². The molecule has 0 aliphatic carbocycles. The third kappa shape index (κ3) is 8.50. The third-order valence-electron chi connectivity index (χ3n) is 6.48. The van der Waals surface area contributed by atoms with Gasteiger partial charge in [0, 0.05) is 25.9 Å². The smallest absolute Gasteiger partial charge is 0.192 e. The van der Waals surface area contributed by atoms with Crippen LogP contribution >= 0.6 is 0 Å². The van der Waals surface area contributed by atoms with Gasteiger partial charge in [0.05, 0.1) is 31.0 Å². The zero-order valence-corrected chi connectivity index (χ0v) is 21.6. The number of hydrogen-bond donors (Lipinski definition) is 1. The monoisotopic (exact) mass is 458 g/mol. The van der Waals surface area contributed by atoms with Crippen molar-refractivity contribution in [1.82, 2.24) is 0 Å². The summed E-state index contributed by atoms with van der Waals surface area (Å²) in [5.41, 5.74) is 1.21. The van der Waals surface area contributed by atoms with Crippen molar-refractivity contribution in [3.05, 3.63) is 48.6 Å². The Kier molecular flexibility index (Phi) is 10.7. The van der Waals surface area contributed by atoms with E-state index in [2.05, 4.69) is 64.4 Å². The number of benzene rings is 1. The van der Waals surface area contributed by atoms with Gasteiger partial charge in [0.15, 0.2) is 8.32 Å². The SMILES string of the molecule is C=C[C@H](O)[C@@H]1C[C@H](O[Si](C)(C)C(C)(C)C)[C@H](CC#CCCCCOCc2ccccc2)O1. The van der Waals surface area contributed by atoms with Gasteiger partial charge in [-0.2, -0.15) is 0 Å². The minimum atomic E-state index is -1.93. The molecule has 1 saturated heterocycles. The average Bonchev–Trinajstić information content (AvgIpc) is 3.13. The van der Waals surface area contributed by atoms with Crippen LogP contribution < -0.4 is 0 Å². The number of unbranched alkanes of at least 4 members (excludes halogenated alkanes) is 2. The Hall–Kier alpha value is -1.42. The van der Waals surface area contributed by atoms with Crippen LogP contribution in [0.1, 0.15) is 58.4 Å². The molecule has 1 aromatic rings. The minimum Gasteiger partial charge on any atom is -0.411 e. The van der Waals surface area contributed by atoms with Crippen LogP contribution in [-0.4, -0.2) is 44.4 Å². The number of ether oxygens (including phenoxy) is 2. The molecule has 0 amide bonds. The van der Waals surface area contributed by atoms with Gasteiger partial charge in [-0.25, -0.2) is 0 Å². The Labute approximate surface area is 196 Å². The van der Waals surface area contributed by atoms with Gasteiger partial charge >= 0.3 is 0 Å². The Bertz CT molecular complexity index is 744. The fourth-order valence-electron chi connectivity index (χ4n) is 3.42. The van der Waals surface area contributed by atoms with Crippen LogP contribution in [0, 0.1) is 11.8 Å².